The molecule has 1 fully saturated rings. The number of methoxy groups -OCH3 is 1. The summed E-state index contributed by atoms with van der Waals surface area (Å²) < 4.78 is 5.12. The van der Waals surface area contributed by atoms with Gasteiger partial charge in [-0.05, 0) is 53.5 Å². The number of hydrogen-bond donors (Lipinski definition) is 0. The van der Waals surface area contributed by atoms with Crippen molar-refractivity contribution >= 4 is 34.1 Å². The van der Waals surface area contributed by atoms with Crippen LogP contribution in [0.1, 0.15) is 67.7 Å². The lowest BCUT2D eigenvalue weighted by molar-refractivity contribution is -0.122. The molecule has 2 amide bonds. The van der Waals surface area contributed by atoms with Crippen LogP contribution in [0.15, 0.2) is 48.5 Å². The smallest absolute Gasteiger partial charge is 0.341 e. The zero-order chi connectivity index (χ0) is 23.1. The SMILES string of the molecule is COC(=O)c1c(N2C(=O)[C@@H]3C4c5ccccc5C(c5ccccc54)[C@@H]3C2=O)sc2c1CCCC2. The quantitative estimate of drug-likeness (QED) is 0.399. The van der Waals surface area contributed by atoms with Crippen molar-refractivity contribution in [1.29, 1.82) is 0 Å². The summed E-state index contributed by atoms with van der Waals surface area (Å²) in [6.45, 7) is 0. The van der Waals surface area contributed by atoms with Crippen LogP contribution < -0.4 is 4.90 Å². The van der Waals surface area contributed by atoms with Crippen LogP contribution in [0, 0.1) is 11.8 Å². The molecule has 1 aromatic heterocycles. The summed E-state index contributed by atoms with van der Waals surface area (Å²) in [5.74, 6) is -2.03. The molecule has 5 aliphatic rings. The minimum absolute atomic E-state index is 0.153. The molecule has 2 aromatic carbocycles. The summed E-state index contributed by atoms with van der Waals surface area (Å²) in [4.78, 5) is 43.5. The van der Waals surface area contributed by atoms with Gasteiger partial charge in [0.2, 0.25) is 11.8 Å². The van der Waals surface area contributed by atoms with E-state index in [4.69, 9.17) is 4.74 Å². The van der Waals surface area contributed by atoms with Gasteiger partial charge in [-0.3, -0.25) is 9.59 Å². The molecule has 0 saturated carbocycles. The highest BCUT2D eigenvalue weighted by atomic mass is 32.1. The van der Waals surface area contributed by atoms with E-state index >= 15 is 0 Å². The lowest BCUT2D eigenvalue weighted by Crippen LogP contribution is -2.41. The first-order valence-electron chi connectivity index (χ1n) is 11.9. The Labute approximate surface area is 201 Å². The van der Waals surface area contributed by atoms with Gasteiger partial charge in [-0.2, -0.15) is 0 Å². The number of amides is 2. The van der Waals surface area contributed by atoms with Crippen LogP contribution in [0.4, 0.5) is 5.00 Å². The molecule has 3 aromatic rings. The standard InChI is InChI=1S/C28H23NO4S/c1-33-28(32)22-18-12-6-7-13-19(18)34-27(22)29-25(30)23-20-14-8-2-3-9-15(14)21(24(23)26(29)31)17-11-5-4-10-16(17)20/h2-5,8-11,20-21,23-24H,6-7,12-13H2,1H3/t20?,21?,23-,24+. The van der Waals surface area contributed by atoms with Crippen molar-refractivity contribution in [1.82, 2.24) is 0 Å². The van der Waals surface area contributed by atoms with Gasteiger partial charge >= 0.3 is 5.97 Å². The highest BCUT2D eigenvalue weighted by Gasteiger charge is 2.62. The predicted octanol–water partition coefficient (Wildman–Crippen LogP) is 4.81. The van der Waals surface area contributed by atoms with Crippen molar-refractivity contribution in [3.63, 3.8) is 0 Å². The number of esters is 1. The Kier molecular flexibility index (Phi) is 4.22. The molecule has 2 heterocycles. The number of carbonyl (C=O) groups excluding carboxylic acids is 3. The third kappa shape index (κ3) is 2.41. The number of nitrogens with zero attached hydrogens (tertiary/aromatic N) is 1. The van der Waals surface area contributed by atoms with Crippen molar-refractivity contribution in [2.24, 2.45) is 11.8 Å². The molecule has 5 nitrogen and oxygen atoms in total. The number of hydrogen-bond acceptors (Lipinski definition) is 5. The maximum Gasteiger partial charge on any atom is 0.341 e. The van der Waals surface area contributed by atoms with E-state index in [1.165, 1.54) is 23.3 Å². The number of aryl methyl sites for hydroxylation is 1. The Morgan fingerprint density at radius 3 is 1.85 bits per heavy atom. The van der Waals surface area contributed by atoms with Crippen LogP contribution >= 0.6 is 11.3 Å². The number of anilines is 1. The van der Waals surface area contributed by atoms with Crippen LogP contribution in [0.5, 0.6) is 0 Å². The molecule has 170 valence electrons. The van der Waals surface area contributed by atoms with Crippen molar-refractivity contribution < 1.29 is 19.1 Å². The van der Waals surface area contributed by atoms with Gasteiger partial charge in [-0.15, -0.1) is 11.3 Å². The Morgan fingerprint density at radius 2 is 1.35 bits per heavy atom. The van der Waals surface area contributed by atoms with Gasteiger partial charge in [0.15, 0.2) is 0 Å². The van der Waals surface area contributed by atoms with Crippen molar-refractivity contribution in [3.8, 4) is 0 Å². The van der Waals surface area contributed by atoms with Gasteiger partial charge in [-0.1, -0.05) is 48.5 Å². The van der Waals surface area contributed by atoms with Crippen LogP contribution in [-0.4, -0.2) is 24.9 Å². The van der Waals surface area contributed by atoms with Gasteiger partial charge in [-0.25, -0.2) is 9.69 Å². The lowest BCUT2D eigenvalue weighted by atomic mass is 9.55. The highest BCUT2D eigenvalue weighted by Crippen LogP contribution is 2.62. The third-order valence-electron chi connectivity index (χ3n) is 8.19. The second kappa shape index (κ2) is 7.12. The number of carbonyl (C=O) groups is 3. The van der Waals surface area contributed by atoms with E-state index in [0.29, 0.717) is 10.6 Å². The molecule has 2 bridgehead atoms. The molecule has 0 radical (unpaired) electrons. The first-order chi connectivity index (χ1) is 16.6. The van der Waals surface area contributed by atoms with Gasteiger partial charge in [0, 0.05) is 16.7 Å². The lowest BCUT2D eigenvalue weighted by Gasteiger charge is -2.45. The molecule has 0 N–H and O–H groups in total. The molecule has 1 aliphatic heterocycles. The van der Waals surface area contributed by atoms with Gasteiger partial charge < -0.3 is 4.74 Å². The Balaban J connectivity index is 1.42. The Bertz CT molecular complexity index is 1290. The normalized spacial score (nSPS) is 26.1. The molecular formula is C28H23NO4S. The molecule has 2 atom stereocenters. The van der Waals surface area contributed by atoms with E-state index in [9.17, 15) is 14.4 Å². The van der Waals surface area contributed by atoms with Crippen LogP contribution in [0.25, 0.3) is 0 Å². The number of imide groups is 1. The predicted molar refractivity (Wildman–Crippen MR) is 128 cm³/mol. The molecule has 34 heavy (non-hydrogen) atoms. The van der Waals surface area contributed by atoms with Crippen molar-refractivity contribution in [2.75, 3.05) is 12.0 Å². The topological polar surface area (TPSA) is 63.7 Å². The molecule has 1 saturated heterocycles. The van der Waals surface area contributed by atoms with Gasteiger partial charge in [0.05, 0.1) is 24.5 Å². The van der Waals surface area contributed by atoms with Crippen LogP contribution in [-0.2, 0) is 27.2 Å². The second-order valence-corrected chi connectivity index (χ2v) is 10.7. The maximum atomic E-state index is 14.1. The fourth-order valence-corrected chi connectivity index (χ4v) is 8.29. The molecule has 0 spiro atoms. The summed E-state index contributed by atoms with van der Waals surface area (Å²) in [6.07, 6.45) is 3.70. The summed E-state index contributed by atoms with van der Waals surface area (Å²) in [5.41, 5.74) is 5.97. The van der Waals surface area contributed by atoms with Crippen LogP contribution in [0.2, 0.25) is 0 Å². The average molecular weight is 470 g/mol. The Hall–Kier alpha value is -3.25. The minimum Gasteiger partial charge on any atom is -0.465 e. The summed E-state index contributed by atoms with van der Waals surface area (Å²) in [5, 5.41) is 0.468. The average Bonchev–Trinajstić information content (AvgIpc) is 3.38. The summed E-state index contributed by atoms with van der Waals surface area (Å²) in [6, 6.07) is 16.5. The van der Waals surface area contributed by atoms with E-state index < -0.39 is 17.8 Å². The van der Waals surface area contributed by atoms with Crippen molar-refractivity contribution in [3.05, 3.63) is 86.8 Å². The molecular weight excluding hydrogens is 446 g/mol. The fourth-order valence-electron chi connectivity index (χ4n) is 6.90. The number of rotatable bonds is 2. The summed E-state index contributed by atoms with van der Waals surface area (Å²) >= 11 is 1.43. The molecule has 4 aliphatic carbocycles. The zero-order valence-corrected chi connectivity index (χ0v) is 19.6. The number of benzene rings is 2. The molecule has 6 heteroatoms. The second-order valence-electron chi connectivity index (χ2n) is 9.66. The number of fused-ring (bicyclic) bond motifs is 1. The van der Waals surface area contributed by atoms with E-state index in [0.717, 1.165) is 58.4 Å². The molecule has 0 unspecified atom stereocenters. The largest absolute Gasteiger partial charge is 0.465 e. The first kappa shape index (κ1) is 20.2. The van der Waals surface area contributed by atoms with E-state index in [2.05, 4.69) is 24.3 Å². The number of ether oxygens (including phenoxy) is 1. The Morgan fingerprint density at radius 1 is 0.853 bits per heavy atom. The maximum absolute atomic E-state index is 14.1. The number of thiophene rings is 1. The minimum atomic E-state index is -0.459. The van der Waals surface area contributed by atoms with Crippen molar-refractivity contribution in [2.45, 2.75) is 37.5 Å². The monoisotopic (exact) mass is 469 g/mol. The zero-order valence-electron chi connectivity index (χ0n) is 18.7. The fraction of sp³-hybridized carbons (Fsp3) is 0.321. The third-order valence-corrected chi connectivity index (χ3v) is 9.47. The van der Waals surface area contributed by atoms with E-state index in [1.54, 1.807) is 0 Å². The van der Waals surface area contributed by atoms with Gasteiger partial charge in [0.1, 0.15) is 5.00 Å². The summed E-state index contributed by atoms with van der Waals surface area (Å²) in [7, 11) is 1.36. The van der Waals surface area contributed by atoms with E-state index in [-0.39, 0.29) is 23.7 Å². The van der Waals surface area contributed by atoms with Gasteiger partial charge in [0.25, 0.3) is 0 Å². The molecule has 8 rings (SSSR count). The first-order valence-corrected chi connectivity index (χ1v) is 12.7. The van der Waals surface area contributed by atoms with E-state index in [1.807, 2.05) is 24.3 Å². The van der Waals surface area contributed by atoms with Crippen LogP contribution in [0.3, 0.4) is 0 Å². The highest BCUT2D eigenvalue weighted by molar-refractivity contribution is 7.17.